The van der Waals surface area contributed by atoms with Crippen LogP contribution in [0.15, 0.2) is 18.3 Å². The Morgan fingerprint density at radius 1 is 1.61 bits per heavy atom. The molecule has 0 radical (unpaired) electrons. The zero-order chi connectivity index (χ0) is 13.5. The van der Waals surface area contributed by atoms with Crippen molar-refractivity contribution in [2.75, 3.05) is 11.4 Å². The van der Waals surface area contributed by atoms with Crippen molar-refractivity contribution in [1.82, 2.24) is 4.98 Å². The molecule has 5 nitrogen and oxygen atoms in total. The average molecular weight is 247 g/mol. The lowest BCUT2D eigenvalue weighted by atomic mass is 10.2. The van der Waals surface area contributed by atoms with Crippen LogP contribution >= 0.6 is 0 Å². The number of nitriles is 1. The lowest BCUT2D eigenvalue weighted by molar-refractivity contribution is -0.137. The van der Waals surface area contributed by atoms with E-state index in [9.17, 15) is 4.79 Å². The first-order valence-corrected chi connectivity index (χ1v) is 5.89. The van der Waals surface area contributed by atoms with Crippen molar-refractivity contribution < 1.29 is 9.90 Å². The van der Waals surface area contributed by atoms with Gasteiger partial charge in [-0.1, -0.05) is 0 Å². The summed E-state index contributed by atoms with van der Waals surface area (Å²) in [7, 11) is 0. The molecule has 1 rings (SSSR count). The van der Waals surface area contributed by atoms with Crippen molar-refractivity contribution >= 4 is 11.8 Å². The van der Waals surface area contributed by atoms with E-state index in [4.69, 9.17) is 10.4 Å². The molecule has 0 atom stereocenters. The smallest absolute Gasteiger partial charge is 0.303 e. The molecule has 5 heteroatoms. The van der Waals surface area contributed by atoms with Crippen LogP contribution in [-0.4, -0.2) is 28.6 Å². The zero-order valence-electron chi connectivity index (χ0n) is 10.6. The fraction of sp³-hybridized carbons (Fsp3) is 0.462. The van der Waals surface area contributed by atoms with E-state index in [1.165, 1.54) is 0 Å². The van der Waals surface area contributed by atoms with Gasteiger partial charge in [-0.3, -0.25) is 4.79 Å². The van der Waals surface area contributed by atoms with Gasteiger partial charge in [-0.05, 0) is 32.4 Å². The van der Waals surface area contributed by atoms with Crippen LogP contribution < -0.4 is 4.90 Å². The second kappa shape index (κ2) is 6.60. The number of hydrogen-bond acceptors (Lipinski definition) is 4. The molecule has 96 valence electrons. The van der Waals surface area contributed by atoms with Crippen LogP contribution in [0, 0.1) is 11.3 Å². The van der Waals surface area contributed by atoms with Crippen molar-refractivity contribution in [1.29, 1.82) is 5.26 Å². The van der Waals surface area contributed by atoms with Crippen LogP contribution in [-0.2, 0) is 4.79 Å². The largest absolute Gasteiger partial charge is 0.481 e. The lowest BCUT2D eigenvalue weighted by Gasteiger charge is -2.27. The summed E-state index contributed by atoms with van der Waals surface area (Å²) in [5.41, 5.74) is 0.559. The van der Waals surface area contributed by atoms with Crippen molar-refractivity contribution in [3.63, 3.8) is 0 Å². The molecule has 0 saturated heterocycles. The SMILES string of the molecule is CC(C)N(CCCC(=O)O)c1cc(C#N)ccn1. The first-order valence-electron chi connectivity index (χ1n) is 5.89. The van der Waals surface area contributed by atoms with E-state index in [1.54, 1.807) is 18.3 Å². The van der Waals surface area contributed by atoms with Crippen molar-refractivity contribution in [2.45, 2.75) is 32.7 Å². The molecule has 18 heavy (non-hydrogen) atoms. The quantitative estimate of drug-likeness (QED) is 0.832. The Morgan fingerprint density at radius 3 is 2.89 bits per heavy atom. The van der Waals surface area contributed by atoms with Crippen molar-refractivity contribution in [2.24, 2.45) is 0 Å². The number of carboxylic acids is 1. The zero-order valence-corrected chi connectivity index (χ0v) is 10.6. The van der Waals surface area contributed by atoms with Gasteiger partial charge in [0.05, 0.1) is 11.6 Å². The minimum absolute atomic E-state index is 0.140. The van der Waals surface area contributed by atoms with Crippen LogP contribution in [0.1, 0.15) is 32.3 Å². The molecular weight excluding hydrogens is 230 g/mol. The monoisotopic (exact) mass is 247 g/mol. The summed E-state index contributed by atoms with van der Waals surface area (Å²) in [6, 6.07) is 5.66. The van der Waals surface area contributed by atoms with Gasteiger partial charge >= 0.3 is 5.97 Å². The molecule has 0 amide bonds. The normalized spacial score (nSPS) is 10.1. The first-order chi connectivity index (χ1) is 8.54. The summed E-state index contributed by atoms with van der Waals surface area (Å²) in [6.45, 7) is 4.65. The third-order valence-corrected chi connectivity index (χ3v) is 2.58. The topological polar surface area (TPSA) is 77.2 Å². The Balaban J connectivity index is 2.77. The van der Waals surface area contributed by atoms with E-state index in [-0.39, 0.29) is 12.5 Å². The Bertz CT molecular complexity index is 452. The summed E-state index contributed by atoms with van der Waals surface area (Å²) in [4.78, 5) is 16.7. The van der Waals surface area contributed by atoms with Crippen LogP contribution in [0.3, 0.4) is 0 Å². The Morgan fingerprint density at radius 2 is 2.33 bits per heavy atom. The molecule has 0 fully saturated rings. The molecule has 0 aliphatic rings. The number of carboxylic acid groups (broad SMARTS) is 1. The predicted octanol–water partition coefficient (Wildman–Crippen LogP) is 2.03. The number of nitrogens with zero attached hydrogens (tertiary/aromatic N) is 3. The number of carbonyl (C=O) groups is 1. The molecule has 0 bridgehead atoms. The second-order valence-corrected chi connectivity index (χ2v) is 4.30. The molecule has 0 aliphatic carbocycles. The van der Waals surface area contributed by atoms with E-state index >= 15 is 0 Å². The highest BCUT2D eigenvalue weighted by molar-refractivity contribution is 5.66. The standard InChI is InChI=1S/C13H17N3O2/c1-10(2)16(7-3-4-13(17)18)12-8-11(9-14)5-6-15-12/h5-6,8,10H,3-4,7H2,1-2H3,(H,17,18). The molecule has 0 aromatic carbocycles. The molecule has 0 spiro atoms. The van der Waals surface area contributed by atoms with Gasteiger partial charge in [0.2, 0.25) is 0 Å². The highest BCUT2D eigenvalue weighted by atomic mass is 16.4. The number of rotatable bonds is 6. The Kier molecular flexibility index (Phi) is 5.12. The third-order valence-electron chi connectivity index (χ3n) is 2.58. The summed E-state index contributed by atoms with van der Waals surface area (Å²) >= 11 is 0. The predicted molar refractivity (Wildman–Crippen MR) is 68.3 cm³/mol. The minimum atomic E-state index is -0.794. The number of aliphatic carboxylic acids is 1. The number of aromatic nitrogens is 1. The number of hydrogen-bond donors (Lipinski definition) is 1. The van der Waals surface area contributed by atoms with Crippen LogP contribution in [0.2, 0.25) is 0 Å². The lowest BCUT2D eigenvalue weighted by Crippen LogP contribution is -2.32. The Labute approximate surface area is 107 Å². The van der Waals surface area contributed by atoms with E-state index in [0.29, 0.717) is 18.5 Å². The first kappa shape index (κ1) is 14.0. The summed E-state index contributed by atoms with van der Waals surface area (Å²) in [5.74, 6) is -0.0770. The fourth-order valence-corrected chi connectivity index (χ4v) is 1.68. The van der Waals surface area contributed by atoms with Gasteiger partial charge in [-0.2, -0.15) is 5.26 Å². The van der Waals surface area contributed by atoms with Gasteiger partial charge in [0.1, 0.15) is 5.82 Å². The molecule has 0 saturated carbocycles. The van der Waals surface area contributed by atoms with E-state index < -0.39 is 5.97 Å². The third kappa shape index (κ3) is 4.06. The van der Waals surface area contributed by atoms with E-state index in [1.807, 2.05) is 18.7 Å². The summed E-state index contributed by atoms with van der Waals surface area (Å²) in [6.07, 6.45) is 2.30. The average Bonchev–Trinajstić information content (AvgIpc) is 2.34. The molecule has 0 aliphatic heterocycles. The number of anilines is 1. The fourth-order valence-electron chi connectivity index (χ4n) is 1.68. The molecule has 0 unspecified atom stereocenters. The maximum Gasteiger partial charge on any atom is 0.303 e. The van der Waals surface area contributed by atoms with Gasteiger partial charge in [0.15, 0.2) is 0 Å². The van der Waals surface area contributed by atoms with Gasteiger partial charge in [-0.15, -0.1) is 0 Å². The summed E-state index contributed by atoms with van der Waals surface area (Å²) < 4.78 is 0. The Hall–Kier alpha value is -2.09. The number of pyridine rings is 1. The highest BCUT2D eigenvalue weighted by Crippen LogP contribution is 2.16. The molecule has 1 aromatic rings. The van der Waals surface area contributed by atoms with E-state index in [0.717, 1.165) is 5.82 Å². The molecule has 1 heterocycles. The minimum Gasteiger partial charge on any atom is -0.481 e. The van der Waals surface area contributed by atoms with Gasteiger partial charge in [0.25, 0.3) is 0 Å². The molecular formula is C13H17N3O2. The summed E-state index contributed by atoms with van der Waals surface area (Å²) in [5, 5.41) is 17.5. The van der Waals surface area contributed by atoms with Crippen LogP contribution in [0.5, 0.6) is 0 Å². The van der Waals surface area contributed by atoms with Crippen LogP contribution in [0.4, 0.5) is 5.82 Å². The van der Waals surface area contributed by atoms with Crippen LogP contribution in [0.25, 0.3) is 0 Å². The van der Waals surface area contributed by atoms with Gasteiger partial charge < -0.3 is 10.0 Å². The maximum atomic E-state index is 10.5. The van der Waals surface area contributed by atoms with Crippen molar-refractivity contribution in [3.05, 3.63) is 23.9 Å². The molecule has 1 N–H and O–H groups in total. The second-order valence-electron chi connectivity index (χ2n) is 4.30. The maximum absolute atomic E-state index is 10.5. The van der Waals surface area contributed by atoms with E-state index in [2.05, 4.69) is 11.1 Å². The van der Waals surface area contributed by atoms with Gasteiger partial charge in [-0.25, -0.2) is 4.98 Å². The van der Waals surface area contributed by atoms with Crippen molar-refractivity contribution in [3.8, 4) is 6.07 Å². The molecule has 1 aromatic heterocycles. The van der Waals surface area contributed by atoms with Gasteiger partial charge in [0, 0.05) is 25.2 Å². The highest BCUT2D eigenvalue weighted by Gasteiger charge is 2.12.